The summed E-state index contributed by atoms with van der Waals surface area (Å²) in [5.74, 6) is -0.420. The molecule has 1 aliphatic heterocycles. The minimum atomic E-state index is -4.80. The highest BCUT2D eigenvalue weighted by Crippen LogP contribution is 2.26. The Hall–Kier alpha value is -1.59. The molecule has 130 valence electrons. The van der Waals surface area contributed by atoms with Crippen molar-refractivity contribution in [1.29, 1.82) is 0 Å². The number of aliphatic hydroxyl groups excluding tert-OH is 4. The molecule has 5 atom stereocenters. The monoisotopic (exact) mass is 339 g/mol. The highest BCUT2D eigenvalue weighted by Gasteiger charge is 2.43. The van der Waals surface area contributed by atoms with E-state index in [0.717, 1.165) is 12.1 Å². The van der Waals surface area contributed by atoms with Gasteiger partial charge in [-0.15, -0.1) is 13.2 Å². The van der Waals surface area contributed by atoms with Crippen LogP contribution in [0.25, 0.3) is 0 Å². The van der Waals surface area contributed by atoms with Crippen LogP contribution < -0.4 is 10.1 Å². The summed E-state index contributed by atoms with van der Waals surface area (Å²) in [6.45, 7) is -0.582. The summed E-state index contributed by atoms with van der Waals surface area (Å²) >= 11 is 0. The minimum Gasteiger partial charge on any atom is -0.406 e. The molecule has 1 aromatic carbocycles. The second-order valence-corrected chi connectivity index (χ2v) is 4.97. The Labute approximate surface area is 128 Å². The molecular weight excluding hydrogens is 323 g/mol. The van der Waals surface area contributed by atoms with Crippen LogP contribution in [-0.4, -0.2) is 64.0 Å². The zero-order valence-electron chi connectivity index (χ0n) is 11.6. The molecule has 1 fully saturated rings. The summed E-state index contributed by atoms with van der Waals surface area (Å²) < 4.78 is 45.1. The van der Waals surface area contributed by atoms with Gasteiger partial charge in [0.2, 0.25) is 0 Å². The summed E-state index contributed by atoms with van der Waals surface area (Å²) in [5.41, 5.74) is 0.281. The van der Waals surface area contributed by atoms with E-state index in [1.807, 2.05) is 0 Å². The molecule has 2 rings (SSSR count). The van der Waals surface area contributed by atoms with E-state index in [2.05, 4.69) is 10.1 Å². The maximum Gasteiger partial charge on any atom is 0.573 e. The SMILES string of the molecule is OC[C@@H]1O[C@@H](Nc2ccc(OC(F)(F)F)cc2)[C@@H](O)[C@H](O)[C@@H]1O. The van der Waals surface area contributed by atoms with E-state index in [9.17, 15) is 28.5 Å². The Morgan fingerprint density at radius 2 is 1.65 bits per heavy atom. The Bertz CT molecular complexity index is 509. The Balaban J connectivity index is 2.03. The molecule has 0 amide bonds. The molecule has 0 bridgehead atoms. The number of hydrogen-bond acceptors (Lipinski definition) is 7. The number of ether oxygens (including phenoxy) is 2. The average Bonchev–Trinajstić information content (AvgIpc) is 2.48. The van der Waals surface area contributed by atoms with E-state index in [0.29, 0.717) is 0 Å². The van der Waals surface area contributed by atoms with Gasteiger partial charge in [0.15, 0.2) is 6.23 Å². The molecule has 5 N–H and O–H groups in total. The highest BCUT2D eigenvalue weighted by atomic mass is 19.4. The Morgan fingerprint density at radius 1 is 1.04 bits per heavy atom. The van der Waals surface area contributed by atoms with Crippen molar-refractivity contribution >= 4 is 5.69 Å². The topological polar surface area (TPSA) is 111 Å². The van der Waals surface area contributed by atoms with Gasteiger partial charge in [0.25, 0.3) is 0 Å². The van der Waals surface area contributed by atoms with Crippen molar-refractivity contribution in [2.45, 2.75) is 37.0 Å². The third-order valence-corrected chi connectivity index (χ3v) is 3.29. The molecule has 1 saturated heterocycles. The lowest BCUT2D eigenvalue weighted by Crippen LogP contribution is -2.60. The zero-order valence-corrected chi connectivity index (χ0v) is 11.6. The minimum absolute atomic E-state index is 0.281. The predicted molar refractivity (Wildman–Crippen MR) is 70.5 cm³/mol. The van der Waals surface area contributed by atoms with Gasteiger partial charge in [-0.1, -0.05) is 0 Å². The first-order valence-corrected chi connectivity index (χ1v) is 6.64. The number of halogens is 3. The van der Waals surface area contributed by atoms with Crippen LogP contribution in [0.3, 0.4) is 0 Å². The standard InChI is InChI=1S/C13H16F3NO6/c14-13(15,16)23-7-3-1-6(2-4-7)17-12-11(21)10(20)9(19)8(5-18)22-12/h1-4,8-12,17-21H,5H2/t8-,9+,10+,11-,12+/m0/s1. The first-order valence-electron chi connectivity index (χ1n) is 6.64. The molecule has 10 heteroatoms. The maximum absolute atomic E-state index is 12.1. The largest absolute Gasteiger partial charge is 0.573 e. The van der Waals surface area contributed by atoms with Crippen molar-refractivity contribution in [3.63, 3.8) is 0 Å². The smallest absolute Gasteiger partial charge is 0.406 e. The van der Waals surface area contributed by atoms with Crippen molar-refractivity contribution in [1.82, 2.24) is 0 Å². The second kappa shape index (κ2) is 6.89. The Morgan fingerprint density at radius 3 is 2.17 bits per heavy atom. The van der Waals surface area contributed by atoms with Gasteiger partial charge in [-0.05, 0) is 24.3 Å². The fourth-order valence-corrected chi connectivity index (χ4v) is 2.14. The first-order chi connectivity index (χ1) is 10.7. The first kappa shape index (κ1) is 17.8. The van der Waals surface area contributed by atoms with E-state index >= 15 is 0 Å². The average molecular weight is 339 g/mol. The lowest BCUT2D eigenvalue weighted by Gasteiger charge is -2.40. The predicted octanol–water partition coefficient (Wildman–Crippen LogP) is -0.203. The van der Waals surface area contributed by atoms with Crippen molar-refractivity contribution in [3.8, 4) is 5.75 Å². The summed E-state index contributed by atoms with van der Waals surface area (Å²) in [6.07, 6.45) is -11.6. The van der Waals surface area contributed by atoms with Gasteiger partial charge in [0.05, 0.1) is 6.61 Å². The molecule has 0 aromatic heterocycles. The maximum atomic E-state index is 12.1. The fourth-order valence-electron chi connectivity index (χ4n) is 2.14. The molecule has 1 heterocycles. The summed E-state index contributed by atoms with van der Waals surface area (Å²) in [4.78, 5) is 0. The molecule has 0 spiro atoms. The summed E-state index contributed by atoms with van der Waals surface area (Å²) in [5, 5.41) is 40.8. The van der Waals surface area contributed by atoms with Crippen molar-refractivity contribution in [3.05, 3.63) is 24.3 Å². The summed E-state index contributed by atoms with van der Waals surface area (Å²) in [7, 11) is 0. The van der Waals surface area contributed by atoms with E-state index in [4.69, 9.17) is 9.84 Å². The number of aliphatic hydroxyl groups is 4. The molecule has 7 nitrogen and oxygen atoms in total. The number of benzene rings is 1. The molecule has 0 radical (unpaired) electrons. The third kappa shape index (κ3) is 4.45. The zero-order chi connectivity index (χ0) is 17.2. The van der Waals surface area contributed by atoms with Crippen LogP contribution in [0, 0.1) is 0 Å². The van der Waals surface area contributed by atoms with Crippen LogP contribution in [0.1, 0.15) is 0 Å². The van der Waals surface area contributed by atoms with Crippen LogP contribution in [0.15, 0.2) is 24.3 Å². The molecule has 1 aromatic rings. The van der Waals surface area contributed by atoms with Crippen molar-refractivity contribution in [2.75, 3.05) is 11.9 Å². The van der Waals surface area contributed by atoms with Gasteiger partial charge in [0, 0.05) is 5.69 Å². The van der Waals surface area contributed by atoms with E-state index in [1.54, 1.807) is 0 Å². The molecular formula is C13H16F3NO6. The van der Waals surface area contributed by atoms with Gasteiger partial charge in [0.1, 0.15) is 30.2 Å². The molecule has 23 heavy (non-hydrogen) atoms. The van der Waals surface area contributed by atoms with Gasteiger partial charge in [-0.25, -0.2) is 0 Å². The number of rotatable bonds is 4. The van der Waals surface area contributed by atoms with E-state index < -0.39 is 49.4 Å². The van der Waals surface area contributed by atoms with Crippen LogP contribution >= 0.6 is 0 Å². The van der Waals surface area contributed by atoms with Crippen LogP contribution in [0.2, 0.25) is 0 Å². The number of nitrogens with one attached hydrogen (secondary N) is 1. The highest BCUT2D eigenvalue weighted by molar-refractivity contribution is 5.47. The van der Waals surface area contributed by atoms with Crippen molar-refractivity contribution < 1.29 is 43.1 Å². The summed E-state index contributed by atoms with van der Waals surface area (Å²) in [6, 6.07) is 4.62. The molecule has 0 saturated carbocycles. The van der Waals surface area contributed by atoms with Gasteiger partial charge >= 0.3 is 6.36 Å². The molecule has 0 aliphatic carbocycles. The van der Waals surface area contributed by atoms with Gasteiger partial charge in [-0.2, -0.15) is 0 Å². The van der Waals surface area contributed by atoms with Crippen LogP contribution in [0.5, 0.6) is 5.75 Å². The lowest BCUT2D eigenvalue weighted by atomic mass is 9.98. The lowest BCUT2D eigenvalue weighted by molar-refractivity contribution is -0.274. The number of alkyl halides is 3. The molecule has 1 aliphatic rings. The second-order valence-electron chi connectivity index (χ2n) is 4.97. The van der Waals surface area contributed by atoms with Gasteiger partial charge < -0.3 is 35.2 Å². The molecule has 0 unspecified atom stereocenters. The van der Waals surface area contributed by atoms with Crippen LogP contribution in [-0.2, 0) is 4.74 Å². The van der Waals surface area contributed by atoms with E-state index in [-0.39, 0.29) is 5.69 Å². The Kier molecular flexibility index (Phi) is 5.32. The van der Waals surface area contributed by atoms with E-state index in [1.165, 1.54) is 12.1 Å². The normalized spacial score (nSPS) is 31.7. The fraction of sp³-hybridized carbons (Fsp3) is 0.538. The quantitative estimate of drug-likeness (QED) is 0.516. The third-order valence-electron chi connectivity index (χ3n) is 3.29. The van der Waals surface area contributed by atoms with Crippen LogP contribution in [0.4, 0.5) is 18.9 Å². The number of hydrogen-bond donors (Lipinski definition) is 5. The van der Waals surface area contributed by atoms with Gasteiger partial charge in [-0.3, -0.25) is 0 Å². The number of anilines is 1. The van der Waals surface area contributed by atoms with Crippen molar-refractivity contribution in [2.24, 2.45) is 0 Å².